The Morgan fingerprint density at radius 2 is 2.00 bits per heavy atom. The Bertz CT molecular complexity index is 890. The van der Waals surface area contributed by atoms with Crippen molar-refractivity contribution in [2.75, 3.05) is 0 Å². The lowest BCUT2D eigenvalue weighted by molar-refractivity contribution is -0.384. The molecule has 0 radical (unpaired) electrons. The Balaban J connectivity index is 1.86. The Morgan fingerprint density at radius 1 is 1.21 bits per heavy atom. The van der Waals surface area contributed by atoms with Crippen LogP contribution in [-0.4, -0.2) is 16.0 Å². The number of non-ortho nitro benzene ring substituents is 1. The van der Waals surface area contributed by atoms with Gasteiger partial charge in [0, 0.05) is 12.1 Å². The summed E-state index contributed by atoms with van der Waals surface area (Å²) in [5.41, 5.74) is 2.38. The number of benzene rings is 2. The minimum atomic E-state index is -0.463. The molecule has 1 amide bonds. The van der Waals surface area contributed by atoms with Crippen LogP contribution in [0.1, 0.15) is 11.1 Å². The Kier molecular flexibility index (Phi) is 4.43. The number of nitro groups is 1. The summed E-state index contributed by atoms with van der Waals surface area (Å²) in [7, 11) is 0. The van der Waals surface area contributed by atoms with Gasteiger partial charge in [-0.1, -0.05) is 30.3 Å². The molecule has 7 heteroatoms. The van der Waals surface area contributed by atoms with E-state index in [1.54, 1.807) is 18.2 Å². The summed E-state index contributed by atoms with van der Waals surface area (Å²) in [5.74, 6) is -0.265. The fourth-order valence-electron chi connectivity index (χ4n) is 2.16. The smallest absolute Gasteiger partial charge is 0.270 e. The molecule has 24 heavy (non-hydrogen) atoms. The molecule has 1 aliphatic rings. The van der Waals surface area contributed by atoms with Crippen molar-refractivity contribution < 1.29 is 9.72 Å². The molecule has 0 saturated carbocycles. The van der Waals surface area contributed by atoms with E-state index < -0.39 is 4.92 Å². The van der Waals surface area contributed by atoms with E-state index in [0.717, 1.165) is 11.3 Å². The van der Waals surface area contributed by atoms with Crippen LogP contribution >= 0.6 is 11.8 Å². The zero-order chi connectivity index (χ0) is 17.1. The van der Waals surface area contributed by atoms with Gasteiger partial charge in [0.05, 0.1) is 15.5 Å². The highest BCUT2D eigenvalue weighted by Gasteiger charge is 2.24. The molecular formula is C17H13N3O3S. The second-order valence-corrected chi connectivity index (χ2v) is 6.15. The van der Waals surface area contributed by atoms with Gasteiger partial charge in [-0.2, -0.15) is 0 Å². The summed E-state index contributed by atoms with van der Waals surface area (Å²) in [6.07, 6.45) is 1.62. The number of para-hydroxylation sites is 1. The van der Waals surface area contributed by atoms with Crippen LogP contribution in [0.3, 0.4) is 0 Å². The van der Waals surface area contributed by atoms with Gasteiger partial charge >= 0.3 is 0 Å². The number of amidine groups is 1. The predicted molar refractivity (Wildman–Crippen MR) is 95.1 cm³/mol. The Morgan fingerprint density at radius 3 is 2.75 bits per heavy atom. The number of aryl methyl sites for hydroxylation is 1. The first-order valence-corrected chi connectivity index (χ1v) is 7.94. The summed E-state index contributed by atoms with van der Waals surface area (Å²) >= 11 is 1.21. The SMILES string of the molecule is Cc1ccccc1N=C1NC(=O)/C(=C/c2cccc([N+](=O)[O-])c2)S1. The first-order chi connectivity index (χ1) is 11.5. The van der Waals surface area contributed by atoms with Crippen LogP contribution in [-0.2, 0) is 4.79 Å². The topological polar surface area (TPSA) is 84.6 Å². The van der Waals surface area contributed by atoms with Gasteiger partial charge in [-0.3, -0.25) is 14.9 Å². The van der Waals surface area contributed by atoms with E-state index in [-0.39, 0.29) is 11.6 Å². The van der Waals surface area contributed by atoms with Crippen molar-refractivity contribution in [3.63, 3.8) is 0 Å². The molecule has 6 nitrogen and oxygen atoms in total. The fraction of sp³-hybridized carbons (Fsp3) is 0.0588. The van der Waals surface area contributed by atoms with Crippen LogP contribution in [0.5, 0.6) is 0 Å². The molecule has 0 aliphatic carbocycles. The van der Waals surface area contributed by atoms with Gasteiger partial charge in [0.15, 0.2) is 5.17 Å². The summed E-state index contributed by atoms with van der Waals surface area (Å²) in [6.45, 7) is 1.95. The van der Waals surface area contributed by atoms with Crippen molar-refractivity contribution in [2.24, 2.45) is 4.99 Å². The van der Waals surface area contributed by atoms with Gasteiger partial charge in [-0.05, 0) is 42.0 Å². The molecule has 1 fully saturated rings. The second-order valence-electron chi connectivity index (χ2n) is 5.12. The number of carbonyl (C=O) groups is 1. The van der Waals surface area contributed by atoms with Crippen LogP contribution in [0.2, 0.25) is 0 Å². The molecule has 1 aliphatic heterocycles. The highest BCUT2D eigenvalue weighted by atomic mass is 32.2. The Hall–Kier alpha value is -2.93. The summed E-state index contributed by atoms with van der Waals surface area (Å²) in [4.78, 5) is 27.3. The van der Waals surface area contributed by atoms with E-state index in [4.69, 9.17) is 0 Å². The molecule has 0 aromatic heterocycles. The van der Waals surface area contributed by atoms with E-state index in [1.807, 2.05) is 31.2 Å². The van der Waals surface area contributed by atoms with Crippen molar-refractivity contribution in [3.8, 4) is 0 Å². The van der Waals surface area contributed by atoms with Crippen LogP contribution in [0.25, 0.3) is 6.08 Å². The molecule has 1 N–H and O–H groups in total. The largest absolute Gasteiger partial charge is 0.300 e. The molecule has 3 rings (SSSR count). The number of hydrogen-bond acceptors (Lipinski definition) is 5. The molecule has 0 bridgehead atoms. The van der Waals surface area contributed by atoms with Gasteiger partial charge in [-0.25, -0.2) is 4.99 Å². The molecule has 2 aromatic rings. The van der Waals surface area contributed by atoms with Gasteiger partial charge in [0.1, 0.15) is 0 Å². The van der Waals surface area contributed by atoms with Crippen molar-refractivity contribution in [1.82, 2.24) is 5.32 Å². The highest BCUT2D eigenvalue weighted by Crippen LogP contribution is 2.29. The monoisotopic (exact) mass is 339 g/mol. The number of nitrogens with zero attached hydrogens (tertiary/aromatic N) is 2. The van der Waals surface area contributed by atoms with E-state index >= 15 is 0 Å². The standard InChI is InChI=1S/C17H13N3O3S/c1-11-5-2-3-8-14(11)18-17-19-16(21)15(24-17)10-12-6-4-7-13(9-12)20(22)23/h2-10H,1H3,(H,18,19,21)/b15-10-. The second kappa shape index (κ2) is 6.67. The van der Waals surface area contributed by atoms with E-state index in [9.17, 15) is 14.9 Å². The highest BCUT2D eigenvalue weighted by molar-refractivity contribution is 8.18. The molecule has 0 spiro atoms. The number of amides is 1. The zero-order valence-corrected chi connectivity index (χ0v) is 13.5. The van der Waals surface area contributed by atoms with Crippen molar-refractivity contribution in [2.45, 2.75) is 6.92 Å². The minimum absolute atomic E-state index is 0.0124. The third-order valence-electron chi connectivity index (χ3n) is 3.37. The molecule has 1 saturated heterocycles. The molecule has 1 heterocycles. The average Bonchev–Trinajstić information content (AvgIpc) is 2.89. The lowest BCUT2D eigenvalue weighted by Gasteiger charge is -1.99. The van der Waals surface area contributed by atoms with Gasteiger partial charge in [0.25, 0.3) is 11.6 Å². The van der Waals surface area contributed by atoms with Gasteiger partial charge in [0.2, 0.25) is 0 Å². The molecular weight excluding hydrogens is 326 g/mol. The maximum Gasteiger partial charge on any atom is 0.270 e. The maximum absolute atomic E-state index is 12.1. The average molecular weight is 339 g/mol. The van der Waals surface area contributed by atoms with Crippen LogP contribution in [0.15, 0.2) is 58.4 Å². The number of nitro benzene ring substituents is 1. The number of thioether (sulfide) groups is 1. The molecule has 0 atom stereocenters. The molecule has 120 valence electrons. The first kappa shape index (κ1) is 15.9. The number of carbonyl (C=O) groups excluding carboxylic acids is 1. The van der Waals surface area contributed by atoms with Crippen molar-refractivity contribution >= 4 is 40.3 Å². The molecule has 2 aromatic carbocycles. The zero-order valence-electron chi connectivity index (χ0n) is 12.7. The lowest BCUT2D eigenvalue weighted by atomic mass is 10.2. The maximum atomic E-state index is 12.1. The summed E-state index contributed by atoms with van der Waals surface area (Å²) in [6, 6.07) is 13.8. The third-order valence-corrected chi connectivity index (χ3v) is 4.28. The first-order valence-electron chi connectivity index (χ1n) is 7.12. The number of hydrogen-bond donors (Lipinski definition) is 1. The predicted octanol–water partition coefficient (Wildman–Crippen LogP) is 3.79. The summed E-state index contributed by atoms with van der Waals surface area (Å²) in [5, 5.41) is 14.0. The van der Waals surface area contributed by atoms with Gasteiger partial charge in [-0.15, -0.1) is 0 Å². The minimum Gasteiger partial charge on any atom is -0.300 e. The van der Waals surface area contributed by atoms with E-state index in [1.165, 1.54) is 23.9 Å². The van der Waals surface area contributed by atoms with Crippen molar-refractivity contribution in [3.05, 3.63) is 74.7 Å². The summed E-state index contributed by atoms with van der Waals surface area (Å²) < 4.78 is 0. The fourth-order valence-corrected chi connectivity index (χ4v) is 2.99. The van der Waals surface area contributed by atoms with Crippen molar-refractivity contribution in [1.29, 1.82) is 0 Å². The lowest BCUT2D eigenvalue weighted by Crippen LogP contribution is -2.19. The third kappa shape index (κ3) is 3.52. The normalized spacial score (nSPS) is 17.3. The van der Waals surface area contributed by atoms with E-state index in [0.29, 0.717) is 15.6 Å². The van der Waals surface area contributed by atoms with Gasteiger partial charge < -0.3 is 5.32 Å². The van der Waals surface area contributed by atoms with Crippen LogP contribution in [0, 0.1) is 17.0 Å². The number of aliphatic imine (C=N–C) groups is 1. The van der Waals surface area contributed by atoms with Crippen LogP contribution < -0.4 is 5.32 Å². The quantitative estimate of drug-likeness (QED) is 0.524. The van der Waals surface area contributed by atoms with Crippen LogP contribution in [0.4, 0.5) is 11.4 Å². The number of rotatable bonds is 3. The number of nitrogens with one attached hydrogen (secondary N) is 1. The Labute approximate surface area is 142 Å². The van der Waals surface area contributed by atoms with E-state index in [2.05, 4.69) is 10.3 Å². The molecule has 0 unspecified atom stereocenters.